The second kappa shape index (κ2) is 8.16. The molecule has 1 spiro atoms. The van der Waals surface area contributed by atoms with E-state index in [0.29, 0.717) is 23.6 Å². The van der Waals surface area contributed by atoms with Gasteiger partial charge in [-0.1, -0.05) is 72.3 Å². The highest BCUT2D eigenvalue weighted by atomic mass is 35.5. The Hall–Kier alpha value is -1.88. The lowest BCUT2D eigenvalue weighted by molar-refractivity contribution is -0.984. The summed E-state index contributed by atoms with van der Waals surface area (Å²) < 4.78 is 7.26. The Bertz CT molecular complexity index is 918. The molecule has 3 heterocycles. The van der Waals surface area contributed by atoms with E-state index in [0.717, 1.165) is 36.8 Å². The normalized spacial score (nSPS) is 29.7. The molecule has 0 aromatic heterocycles. The zero-order valence-corrected chi connectivity index (χ0v) is 19.5. The summed E-state index contributed by atoms with van der Waals surface area (Å²) in [5.74, 6) is -0.420. The molecule has 1 N–H and O–H groups in total. The summed E-state index contributed by atoms with van der Waals surface area (Å²) in [6.07, 6.45) is 5.48. The molecule has 0 aliphatic carbocycles. The quantitative estimate of drug-likeness (QED) is 0.402. The number of hydrogen-bond acceptors (Lipinski definition) is 3. The number of aliphatic hydroxyl groups is 1. The summed E-state index contributed by atoms with van der Waals surface area (Å²) in [4.78, 5) is 12.3. The van der Waals surface area contributed by atoms with E-state index in [4.69, 9.17) is 16.3 Å². The summed E-state index contributed by atoms with van der Waals surface area (Å²) >= 11 is 7.14. The molecule has 170 valence electrons. The molecule has 5 heteroatoms. The minimum Gasteiger partial charge on any atom is -0.460 e. The van der Waals surface area contributed by atoms with Crippen molar-refractivity contribution in [1.29, 1.82) is 0 Å². The van der Waals surface area contributed by atoms with E-state index in [1.807, 2.05) is 67.6 Å². The van der Waals surface area contributed by atoms with Gasteiger partial charge in [-0.25, -0.2) is 4.79 Å². The van der Waals surface area contributed by atoms with E-state index >= 15 is 0 Å². The lowest BCUT2D eigenvalue weighted by atomic mass is 9.79. The number of carbonyl (C=O) groups is 1. The van der Waals surface area contributed by atoms with Crippen LogP contribution in [0.2, 0.25) is 0 Å². The number of nitrogens with zero attached hydrogens (tertiary/aromatic N) is 1. The minimum atomic E-state index is -1.39. The molecule has 4 nitrogen and oxygen atoms in total. The molecule has 2 aromatic rings. The van der Waals surface area contributed by atoms with Crippen molar-refractivity contribution in [2.45, 2.75) is 74.1 Å². The average Bonchev–Trinajstić information content (AvgIpc) is 3.36. The van der Waals surface area contributed by atoms with Crippen LogP contribution in [0.1, 0.15) is 56.6 Å². The van der Waals surface area contributed by atoms with Crippen molar-refractivity contribution in [1.82, 2.24) is 0 Å². The first-order valence-corrected chi connectivity index (χ1v) is 12.4. The molecule has 3 saturated heterocycles. The Morgan fingerprint density at radius 1 is 1.09 bits per heavy atom. The van der Waals surface area contributed by atoms with Gasteiger partial charge < -0.3 is 14.3 Å². The lowest BCUT2D eigenvalue weighted by Crippen LogP contribution is -2.71. The minimum absolute atomic E-state index is 0.209. The number of halogens is 1. The smallest absolute Gasteiger partial charge is 0.336 e. The first-order chi connectivity index (χ1) is 15.4. The average molecular weight is 455 g/mol. The molecule has 4 atom stereocenters. The number of esters is 1. The van der Waals surface area contributed by atoms with Gasteiger partial charge in [0.05, 0.1) is 19.1 Å². The number of rotatable bonds is 5. The van der Waals surface area contributed by atoms with E-state index in [-0.39, 0.29) is 11.6 Å². The third-order valence-corrected chi connectivity index (χ3v) is 9.24. The number of carbonyl (C=O) groups excluding carboxylic acids is 1. The molecule has 0 radical (unpaired) electrons. The van der Waals surface area contributed by atoms with Crippen LogP contribution in [0, 0.1) is 0 Å². The van der Waals surface area contributed by atoms with Crippen LogP contribution in [-0.2, 0) is 14.4 Å². The van der Waals surface area contributed by atoms with Crippen LogP contribution in [0.4, 0.5) is 0 Å². The fourth-order valence-corrected chi connectivity index (χ4v) is 7.45. The van der Waals surface area contributed by atoms with E-state index in [9.17, 15) is 9.90 Å². The molecule has 5 rings (SSSR count). The molecule has 3 aliphatic heterocycles. The van der Waals surface area contributed by atoms with Crippen LogP contribution in [0.5, 0.6) is 0 Å². The third-order valence-electron chi connectivity index (χ3n) is 8.65. The van der Waals surface area contributed by atoms with Gasteiger partial charge in [0.1, 0.15) is 17.7 Å². The highest BCUT2D eigenvalue weighted by molar-refractivity contribution is 6.36. The molecule has 0 saturated carbocycles. The van der Waals surface area contributed by atoms with Gasteiger partial charge in [-0.15, -0.1) is 0 Å². The van der Waals surface area contributed by atoms with E-state index in [1.54, 1.807) is 0 Å². The number of benzene rings is 2. The Morgan fingerprint density at radius 2 is 1.66 bits per heavy atom. The Labute approximate surface area is 195 Å². The van der Waals surface area contributed by atoms with Gasteiger partial charge >= 0.3 is 5.97 Å². The van der Waals surface area contributed by atoms with Gasteiger partial charge in [0.2, 0.25) is 0 Å². The van der Waals surface area contributed by atoms with Crippen LogP contribution in [0.15, 0.2) is 60.7 Å². The highest BCUT2D eigenvalue weighted by Crippen LogP contribution is 2.55. The monoisotopic (exact) mass is 454 g/mol. The largest absolute Gasteiger partial charge is 0.460 e. The molecular weight excluding hydrogens is 422 g/mol. The van der Waals surface area contributed by atoms with Crippen molar-refractivity contribution in [3.8, 4) is 0 Å². The van der Waals surface area contributed by atoms with Crippen molar-refractivity contribution in [2.24, 2.45) is 0 Å². The molecule has 4 unspecified atom stereocenters. The van der Waals surface area contributed by atoms with Crippen LogP contribution in [0.25, 0.3) is 0 Å². The van der Waals surface area contributed by atoms with Crippen molar-refractivity contribution in [3.05, 3.63) is 71.8 Å². The molecule has 2 aromatic carbocycles. The fourth-order valence-electron chi connectivity index (χ4n) is 7.16. The fraction of sp³-hybridized carbons (Fsp3) is 0.519. The number of ether oxygens (including phenoxy) is 1. The van der Waals surface area contributed by atoms with Crippen molar-refractivity contribution < 1.29 is 19.1 Å². The number of alkyl halides is 1. The molecule has 3 fully saturated rings. The standard InChI is InChI=1S/C27H33ClNO3/c1-20(30)26-15-14-23(29(26)16-8-9-17-29)18-24(19-26)32-25(31)27(28,21-10-4-2-5-11-21)22-12-6-3-7-13-22/h2-7,10-13,20,23-24,30H,8-9,14-19H2,1H3/q+1. The molecule has 2 bridgehead atoms. The third kappa shape index (κ3) is 3.14. The predicted octanol–water partition coefficient (Wildman–Crippen LogP) is 4.77. The van der Waals surface area contributed by atoms with Gasteiger partial charge in [-0.05, 0) is 18.1 Å². The first kappa shape index (κ1) is 21.9. The zero-order valence-electron chi connectivity index (χ0n) is 18.8. The number of aliphatic hydroxyl groups excluding tert-OH is 1. The molecule has 3 aliphatic rings. The summed E-state index contributed by atoms with van der Waals surface area (Å²) in [5.41, 5.74) is 1.22. The molecule has 32 heavy (non-hydrogen) atoms. The maximum atomic E-state index is 13.7. The maximum Gasteiger partial charge on any atom is 0.336 e. The zero-order chi connectivity index (χ0) is 22.4. The number of quaternary nitrogens is 1. The second-order valence-electron chi connectivity index (χ2n) is 10.0. The van der Waals surface area contributed by atoms with Crippen molar-refractivity contribution >= 4 is 17.6 Å². The predicted molar refractivity (Wildman–Crippen MR) is 125 cm³/mol. The Balaban J connectivity index is 1.45. The summed E-state index contributed by atoms with van der Waals surface area (Å²) in [5, 5.41) is 11.0. The van der Waals surface area contributed by atoms with Gasteiger partial charge in [0.25, 0.3) is 0 Å². The first-order valence-electron chi connectivity index (χ1n) is 12.0. The topological polar surface area (TPSA) is 46.5 Å². The number of piperidine rings is 1. The summed E-state index contributed by atoms with van der Waals surface area (Å²) in [7, 11) is 0. The summed E-state index contributed by atoms with van der Waals surface area (Å²) in [6, 6.07) is 19.4. The molecule has 0 amide bonds. The van der Waals surface area contributed by atoms with Crippen LogP contribution in [-0.4, -0.2) is 52.4 Å². The van der Waals surface area contributed by atoms with Gasteiger partial charge in [-0.2, -0.15) is 0 Å². The number of hydrogen-bond donors (Lipinski definition) is 1. The molecular formula is C27H33ClNO3+. The van der Waals surface area contributed by atoms with Gasteiger partial charge in [0.15, 0.2) is 4.87 Å². The van der Waals surface area contributed by atoms with E-state index in [1.165, 1.54) is 12.8 Å². The van der Waals surface area contributed by atoms with E-state index < -0.39 is 16.9 Å². The second-order valence-corrected chi connectivity index (χ2v) is 10.6. The van der Waals surface area contributed by atoms with Crippen LogP contribution < -0.4 is 0 Å². The van der Waals surface area contributed by atoms with Crippen LogP contribution >= 0.6 is 11.6 Å². The van der Waals surface area contributed by atoms with Crippen molar-refractivity contribution in [2.75, 3.05) is 13.1 Å². The Morgan fingerprint density at radius 3 is 2.19 bits per heavy atom. The van der Waals surface area contributed by atoms with E-state index in [2.05, 4.69) is 0 Å². The van der Waals surface area contributed by atoms with Crippen molar-refractivity contribution in [3.63, 3.8) is 0 Å². The van der Waals surface area contributed by atoms with Gasteiger partial charge in [-0.3, -0.25) is 0 Å². The Kier molecular flexibility index (Phi) is 5.59. The maximum absolute atomic E-state index is 13.7. The SMILES string of the molecule is CC(O)C12CCC(CC(OC(=O)C(Cl)(c3ccccc3)c3ccccc3)C1)[N+]21CCCC1. The summed E-state index contributed by atoms with van der Waals surface area (Å²) in [6.45, 7) is 4.22. The lowest BCUT2D eigenvalue weighted by Gasteiger charge is -2.55. The van der Waals surface area contributed by atoms with Gasteiger partial charge in [0, 0.05) is 38.5 Å². The highest BCUT2D eigenvalue weighted by Gasteiger charge is 2.67. The van der Waals surface area contributed by atoms with Crippen LogP contribution in [0.3, 0.4) is 0 Å².